The summed E-state index contributed by atoms with van der Waals surface area (Å²) in [7, 11) is 0. The summed E-state index contributed by atoms with van der Waals surface area (Å²) in [5.41, 5.74) is 8.26. The Kier molecular flexibility index (Phi) is 5.73. The summed E-state index contributed by atoms with van der Waals surface area (Å²) in [6.07, 6.45) is 0. The van der Waals surface area contributed by atoms with Crippen molar-refractivity contribution in [3.8, 4) is 17.0 Å². The number of aryl methyl sites for hydroxylation is 1. The molecule has 6 nitrogen and oxygen atoms in total. The van der Waals surface area contributed by atoms with Gasteiger partial charge in [0.2, 0.25) is 5.95 Å². The first-order valence-electron chi connectivity index (χ1n) is 8.18. The number of hydrogen-bond acceptors (Lipinski definition) is 5. The molecule has 2 N–H and O–H groups in total. The zero-order valence-electron chi connectivity index (χ0n) is 14.7. The molecule has 2 rings (SSSR count). The van der Waals surface area contributed by atoms with E-state index in [-0.39, 0.29) is 11.9 Å². The lowest BCUT2D eigenvalue weighted by molar-refractivity contribution is 0.0772. The Bertz CT molecular complexity index is 710. The number of benzene rings is 1. The monoisotopic (exact) mass is 328 g/mol. The summed E-state index contributed by atoms with van der Waals surface area (Å²) >= 11 is 0. The zero-order valence-corrected chi connectivity index (χ0v) is 14.7. The SMILES string of the molecule is CCOc1ccc(-c2nc(N)nc(C)c2C(=O)N(CC)CC)cc1. The maximum Gasteiger partial charge on any atom is 0.257 e. The highest BCUT2D eigenvalue weighted by atomic mass is 16.5. The van der Waals surface area contributed by atoms with Gasteiger partial charge in [0.05, 0.1) is 23.6 Å². The molecule has 0 saturated heterocycles. The van der Waals surface area contributed by atoms with Crippen molar-refractivity contribution >= 4 is 11.9 Å². The van der Waals surface area contributed by atoms with Gasteiger partial charge < -0.3 is 15.4 Å². The second kappa shape index (κ2) is 7.77. The number of hydrogen-bond donors (Lipinski definition) is 1. The highest BCUT2D eigenvalue weighted by Crippen LogP contribution is 2.27. The van der Waals surface area contributed by atoms with Crippen LogP contribution in [0.5, 0.6) is 5.75 Å². The molecule has 1 amide bonds. The Hall–Kier alpha value is -2.63. The van der Waals surface area contributed by atoms with Crippen LogP contribution in [0.2, 0.25) is 0 Å². The number of carbonyl (C=O) groups is 1. The number of anilines is 1. The second-order valence-corrected chi connectivity index (χ2v) is 5.33. The van der Waals surface area contributed by atoms with Crippen LogP contribution in [0.4, 0.5) is 5.95 Å². The number of rotatable bonds is 6. The number of nitrogens with zero attached hydrogens (tertiary/aromatic N) is 3. The number of nitrogens with two attached hydrogens (primary N) is 1. The molecule has 1 aromatic carbocycles. The molecule has 2 aromatic rings. The van der Waals surface area contributed by atoms with Crippen LogP contribution in [-0.2, 0) is 0 Å². The van der Waals surface area contributed by atoms with Crippen LogP contribution in [0.15, 0.2) is 24.3 Å². The van der Waals surface area contributed by atoms with Gasteiger partial charge in [0, 0.05) is 18.7 Å². The van der Waals surface area contributed by atoms with E-state index in [0.717, 1.165) is 11.3 Å². The molecule has 0 aliphatic heterocycles. The molecule has 0 bridgehead atoms. The molecule has 0 aliphatic carbocycles. The lowest BCUT2D eigenvalue weighted by Crippen LogP contribution is -2.32. The van der Waals surface area contributed by atoms with Gasteiger partial charge in [-0.2, -0.15) is 0 Å². The van der Waals surface area contributed by atoms with Crippen molar-refractivity contribution in [3.63, 3.8) is 0 Å². The Morgan fingerprint density at radius 2 is 1.75 bits per heavy atom. The van der Waals surface area contributed by atoms with E-state index in [1.807, 2.05) is 45.0 Å². The lowest BCUT2D eigenvalue weighted by atomic mass is 10.0. The molecule has 1 heterocycles. The standard InChI is InChI=1S/C18H24N4O2/c1-5-22(6-2)17(23)15-12(4)20-18(19)21-16(15)13-8-10-14(11-9-13)24-7-3/h8-11H,5-7H2,1-4H3,(H2,19,20,21). The molecule has 128 valence electrons. The fraction of sp³-hybridized carbons (Fsp3) is 0.389. The van der Waals surface area contributed by atoms with Crippen LogP contribution in [-0.4, -0.2) is 40.5 Å². The molecule has 0 radical (unpaired) electrons. The molecule has 1 aromatic heterocycles. The average molecular weight is 328 g/mol. The number of ether oxygens (including phenoxy) is 1. The molecule has 0 fully saturated rings. The van der Waals surface area contributed by atoms with Crippen molar-refractivity contribution in [2.45, 2.75) is 27.7 Å². The number of amides is 1. The summed E-state index contributed by atoms with van der Waals surface area (Å²) in [6, 6.07) is 7.48. The first kappa shape index (κ1) is 17.7. The minimum absolute atomic E-state index is 0.0821. The zero-order chi connectivity index (χ0) is 17.7. The van der Waals surface area contributed by atoms with E-state index in [0.29, 0.717) is 36.6 Å². The third-order valence-electron chi connectivity index (χ3n) is 3.81. The summed E-state index contributed by atoms with van der Waals surface area (Å²) < 4.78 is 5.46. The molecule has 24 heavy (non-hydrogen) atoms. The Morgan fingerprint density at radius 3 is 2.29 bits per heavy atom. The van der Waals surface area contributed by atoms with Crippen LogP contribution in [0.1, 0.15) is 36.8 Å². The molecule has 0 saturated carbocycles. The van der Waals surface area contributed by atoms with E-state index in [4.69, 9.17) is 10.5 Å². The topological polar surface area (TPSA) is 81.3 Å². The maximum atomic E-state index is 12.9. The van der Waals surface area contributed by atoms with Crippen LogP contribution >= 0.6 is 0 Å². The van der Waals surface area contributed by atoms with E-state index in [1.165, 1.54) is 0 Å². The van der Waals surface area contributed by atoms with Crippen molar-refractivity contribution in [1.29, 1.82) is 0 Å². The summed E-state index contributed by atoms with van der Waals surface area (Å²) in [6.45, 7) is 9.47. The normalized spacial score (nSPS) is 10.5. The van der Waals surface area contributed by atoms with Gasteiger partial charge in [-0.1, -0.05) is 0 Å². The largest absolute Gasteiger partial charge is 0.494 e. The predicted octanol–water partition coefficient (Wildman–Crippen LogP) is 2.91. The van der Waals surface area contributed by atoms with E-state index in [2.05, 4.69) is 9.97 Å². The van der Waals surface area contributed by atoms with Crippen LogP contribution in [0, 0.1) is 6.92 Å². The number of aromatic nitrogens is 2. The van der Waals surface area contributed by atoms with Gasteiger partial charge in [-0.05, 0) is 52.0 Å². The second-order valence-electron chi connectivity index (χ2n) is 5.33. The van der Waals surface area contributed by atoms with E-state index in [1.54, 1.807) is 11.8 Å². The number of carbonyl (C=O) groups excluding carboxylic acids is 1. The summed E-state index contributed by atoms with van der Waals surface area (Å²) in [4.78, 5) is 23.1. The first-order chi connectivity index (χ1) is 11.5. The molecule has 6 heteroatoms. The van der Waals surface area contributed by atoms with Crippen LogP contribution in [0.25, 0.3) is 11.3 Å². The van der Waals surface area contributed by atoms with Gasteiger partial charge in [0.1, 0.15) is 5.75 Å². The van der Waals surface area contributed by atoms with Crippen molar-refractivity contribution in [1.82, 2.24) is 14.9 Å². The Morgan fingerprint density at radius 1 is 1.12 bits per heavy atom. The predicted molar refractivity (Wildman–Crippen MR) is 95.0 cm³/mol. The first-order valence-corrected chi connectivity index (χ1v) is 8.18. The molecule has 0 aliphatic rings. The highest BCUT2D eigenvalue weighted by molar-refractivity contribution is 6.01. The Balaban J connectivity index is 2.54. The van der Waals surface area contributed by atoms with Crippen molar-refractivity contribution in [2.24, 2.45) is 0 Å². The fourth-order valence-corrected chi connectivity index (χ4v) is 2.60. The van der Waals surface area contributed by atoms with Gasteiger partial charge in [0.15, 0.2) is 0 Å². The van der Waals surface area contributed by atoms with Gasteiger partial charge in [-0.25, -0.2) is 9.97 Å². The quantitative estimate of drug-likeness (QED) is 0.881. The minimum Gasteiger partial charge on any atom is -0.494 e. The van der Waals surface area contributed by atoms with Gasteiger partial charge >= 0.3 is 0 Å². The maximum absolute atomic E-state index is 12.9. The highest BCUT2D eigenvalue weighted by Gasteiger charge is 2.22. The third-order valence-corrected chi connectivity index (χ3v) is 3.81. The van der Waals surface area contributed by atoms with Crippen molar-refractivity contribution in [3.05, 3.63) is 35.5 Å². The summed E-state index contributed by atoms with van der Waals surface area (Å²) in [5.74, 6) is 0.852. The minimum atomic E-state index is -0.0821. The molecule has 0 atom stereocenters. The fourth-order valence-electron chi connectivity index (χ4n) is 2.60. The van der Waals surface area contributed by atoms with Crippen molar-refractivity contribution < 1.29 is 9.53 Å². The van der Waals surface area contributed by atoms with Gasteiger partial charge in [0.25, 0.3) is 5.91 Å². The van der Waals surface area contributed by atoms with E-state index < -0.39 is 0 Å². The van der Waals surface area contributed by atoms with Crippen LogP contribution < -0.4 is 10.5 Å². The average Bonchev–Trinajstić information content (AvgIpc) is 2.56. The third kappa shape index (κ3) is 3.64. The summed E-state index contributed by atoms with van der Waals surface area (Å²) in [5, 5.41) is 0. The lowest BCUT2D eigenvalue weighted by Gasteiger charge is -2.21. The molecule has 0 spiro atoms. The smallest absolute Gasteiger partial charge is 0.257 e. The van der Waals surface area contributed by atoms with Crippen LogP contribution in [0.3, 0.4) is 0 Å². The molecule has 0 unspecified atom stereocenters. The molecular formula is C18H24N4O2. The van der Waals surface area contributed by atoms with Crippen molar-refractivity contribution in [2.75, 3.05) is 25.4 Å². The van der Waals surface area contributed by atoms with Gasteiger partial charge in [-0.15, -0.1) is 0 Å². The molecular weight excluding hydrogens is 304 g/mol. The van der Waals surface area contributed by atoms with E-state index >= 15 is 0 Å². The Labute approximate surface area is 142 Å². The van der Waals surface area contributed by atoms with Gasteiger partial charge in [-0.3, -0.25) is 4.79 Å². The number of nitrogen functional groups attached to an aromatic ring is 1. The van der Waals surface area contributed by atoms with E-state index in [9.17, 15) is 4.79 Å².